The number of nitrogens with one attached hydrogen (secondary N) is 1. The van der Waals surface area contributed by atoms with Crippen molar-refractivity contribution in [3.8, 4) is 0 Å². The monoisotopic (exact) mass is 300 g/mol. The Balaban J connectivity index is 2.42. The molecule has 7 heteroatoms. The molecule has 0 aliphatic heterocycles. The third-order valence-electron chi connectivity index (χ3n) is 2.61. The van der Waals surface area contributed by atoms with Crippen molar-refractivity contribution in [1.82, 2.24) is 5.16 Å². The summed E-state index contributed by atoms with van der Waals surface area (Å²) in [5.74, 6) is 0.244. The quantitative estimate of drug-likeness (QED) is 0.945. The SMILES string of the molecule is Cc1ccc(NS(=O)(=O)c2c(C)noc2C)c(Cl)c1. The van der Waals surface area contributed by atoms with E-state index >= 15 is 0 Å². The zero-order valence-corrected chi connectivity index (χ0v) is 12.3. The van der Waals surface area contributed by atoms with E-state index in [1.165, 1.54) is 0 Å². The van der Waals surface area contributed by atoms with Gasteiger partial charge in [-0.15, -0.1) is 0 Å². The third-order valence-corrected chi connectivity index (χ3v) is 4.53. The fraction of sp³-hybridized carbons (Fsp3) is 0.250. The molecule has 2 rings (SSSR count). The number of rotatable bonds is 3. The van der Waals surface area contributed by atoms with Gasteiger partial charge in [-0.25, -0.2) is 8.42 Å². The van der Waals surface area contributed by atoms with E-state index < -0.39 is 10.0 Å². The van der Waals surface area contributed by atoms with E-state index in [2.05, 4.69) is 9.88 Å². The van der Waals surface area contributed by atoms with Crippen molar-refractivity contribution in [1.29, 1.82) is 0 Å². The van der Waals surface area contributed by atoms with E-state index in [0.29, 0.717) is 16.4 Å². The van der Waals surface area contributed by atoms with Crippen LogP contribution in [-0.4, -0.2) is 13.6 Å². The number of aromatic nitrogens is 1. The number of hydrogen-bond donors (Lipinski definition) is 1. The summed E-state index contributed by atoms with van der Waals surface area (Å²) in [6.07, 6.45) is 0. The highest BCUT2D eigenvalue weighted by atomic mass is 35.5. The van der Waals surface area contributed by atoms with Crippen LogP contribution in [0.25, 0.3) is 0 Å². The standard InChI is InChI=1S/C12H13ClN2O3S/c1-7-4-5-11(10(13)6-7)15-19(16,17)12-8(2)14-18-9(12)3/h4-6,15H,1-3H3. The molecule has 0 amide bonds. The van der Waals surface area contributed by atoms with Crippen molar-refractivity contribution >= 4 is 27.3 Å². The molecule has 5 nitrogen and oxygen atoms in total. The van der Waals surface area contributed by atoms with Gasteiger partial charge in [0, 0.05) is 0 Å². The fourth-order valence-electron chi connectivity index (χ4n) is 1.76. The summed E-state index contributed by atoms with van der Waals surface area (Å²) in [6, 6.07) is 5.08. The van der Waals surface area contributed by atoms with Gasteiger partial charge in [0.25, 0.3) is 10.0 Å². The van der Waals surface area contributed by atoms with Gasteiger partial charge in [0.05, 0.1) is 10.7 Å². The third kappa shape index (κ3) is 2.74. The first-order valence-electron chi connectivity index (χ1n) is 5.53. The maximum atomic E-state index is 12.3. The zero-order valence-electron chi connectivity index (χ0n) is 10.7. The van der Waals surface area contributed by atoms with Gasteiger partial charge in [0.1, 0.15) is 5.69 Å². The number of sulfonamides is 1. The second-order valence-electron chi connectivity index (χ2n) is 4.24. The average molecular weight is 301 g/mol. The number of aryl methyl sites for hydroxylation is 3. The Kier molecular flexibility index (Phi) is 3.56. The molecule has 0 fully saturated rings. The normalized spacial score (nSPS) is 11.6. The summed E-state index contributed by atoms with van der Waals surface area (Å²) in [5.41, 5.74) is 1.59. The molecule has 0 saturated carbocycles. The van der Waals surface area contributed by atoms with Gasteiger partial charge in [-0.2, -0.15) is 0 Å². The minimum Gasteiger partial charge on any atom is -0.360 e. The van der Waals surface area contributed by atoms with Crippen molar-refractivity contribution in [3.63, 3.8) is 0 Å². The molecule has 0 bridgehead atoms. The first kappa shape index (κ1) is 13.9. The lowest BCUT2D eigenvalue weighted by atomic mass is 10.2. The molecule has 19 heavy (non-hydrogen) atoms. The Labute approximate surface area is 116 Å². The Bertz CT molecular complexity index is 703. The van der Waals surface area contributed by atoms with Crippen LogP contribution in [0, 0.1) is 20.8 Å². The summed E-state index contributed by atoms with van der Waals surface area (Å²) in [5, 5.41) is 3.98. The van der Waals surface area contributed by atoms with Crippen molar-refractivity contribution in [2.45, 2.75) is 25.7 Å². The number of nitrogens with zero attached hydrogens (tertiary/aromatic N) is 1. The van der Waals surface area contributed by atoms with Crippen LogP contribution in [0.1, 0.15) is 17.0 Å². The van der Waals surface area contributed by atoms with Gasteiger partial charge in [-0.3, -0.25) is 4.72 Å². The van der Waals surface area contributed by atoms with Gasteiger partial charge < -0.3 is 4.52 Å². The van der Waals surface area contributed by atoms with Crippen molar-refractivity contribution < 1.29 is 12.9 Å². The highest BCUT2D eigenvalue weighted by Gasteiger charge is 2.24. The molecule has 1 heterocycles. The second-order valence-corrected chi connectivity index (χ2v) is 6.27. The summed E-state index contributed by atoms with van der Waals surface area (Å²) in [6.45, 7) is 4.99. The lowest BCUT2D eigenvalue weighted by Gasteiger charge is -2.09. The van der Waals surface area contributed by atoms with Crippen molar-refractivity contribution in [2.24, 2.45) is 0 Å². The predicted molar refractivity (Wildman–Crippen MR) is 73.0 cm³/mol. The molecule has 1 aromatic heterocycles. The van der Waals surface area contributed by atoms with Crippen LogP contribution in [0.2, 0.25) is 5.02 Å². The van der Waals surface area contributed by atoms with Gasteiger partial charge in [-0.05, 0) is 38.5 Å². The molecule has 1 N–H and O–H groups in total. The Morgan fingerprint density at radius 3 is 2.47 bits per heavy atom. The number of anilines is 1. The smallest absolute Gasteiger partial charge is 0.267 e. The second kappa shape index (κ2) is 4.86. The first-order valence-corrected chi connectivity index (χ1v) is 7.39. The number of halogens is 1. The molecule has 0 aliphatic carbocycles. The minimum absolute atomic E-state index is 0.0455. The maximum absolute atomic E-state index is 12.3. The van der Waals surface area contributed by atoms with Crippen molar-refractivity contribution in [3.05, 3.63) is 40.2 Å². The van der Waals surface area contributed by atoms with Crippen molar-refractivity contribution in [2.75, 3.05) is 4.72 Å². The molecule has 0 unspecified atom stereocenters. The van der Waals surface area contributed by atoms with Gasteiger partial charge >= 0.3 is 0 Å². The zero-order chi connectivity index (χ0) is 14.2. The van der Waals surface area contributed by atoms with E-state index in [9.17, 15) is 8.42 Å². The summed E-state index contributed by atoms with van der Waals surface area (Å²) >= 11 is 6.01. The first-order chi connectivity index (χ1) is 8.81. The van der Waals surface area contributed by atoms with E-state index in [4.69, 9.17) is 16.1 Å². The van der Waals surface area contributed by atoms with Crippen LogP contribution < -0.4 is 4.72 Å². The van der Waals surface area contributed by atoms with Crippen LogP contribution >= 0.6 is 11.6 Å². The lowest BCUT2D eigenvalue weighted by molar-refractivity contribution is 0.390. The Hall–Kier alpha value is -1.53. The Morgan fingerprint density at radius 2 is 1.95 bits per heavy atom. The molecule has 0 aliphatic rings. The maximum Gasteiger partial charge on any atom is 0.267 e. The molecular weight excluding hydrogens is 288 g/mol. The number of benzene rings is 1. The molecular formula is C12H13ClN2O3S. The average Bonchev–Trinajstić information content (AvgIpc) is 2.63. The van der Waals surface area contributed by atoms with Crippen LogP contribution in [0.4, 0.5) is 5.69 Å². The van der Waals surface area contributed by atoms with E-state index in [1.807, 2.05) is 6.92 Å². The fourth-order valence-corrected chi connectivity index (χ4v) is 3.51. The molecule has 102 valence electrons. The highest BCUT2D eigenvalue weighted by molar-refractivity contribution is 7.92. The van der Waals surface area contributed by atoms with Crippen LogP contribution in [0.15, 0.2) is 27.6 Å². The van der Waals surface area contributed by atoms with Crippen LogP contribution in [-0.2, 0) is 10.0 Å². The molecule has 0 saturated heterocycles. The van der Waals surface area contributed by atoms with Gasteiger partial charge in [0.15, 0.2) is 10.7 Å². The topological polar surface area (TPSA) is 72.2 Å². The largest absolute Gasteiger partial charge is 0.360 e. The van der Waals surface area contributed by atoms with Crippen LogP contribution in [0.3, 0.4) is 0 Å². The molecule has 0 spiro atoms. The minimum atomic E-state index is -3.76. The van der Waals surface area contributed by atoms with E-state index in [1.54, 1.807) is 32.0 Å². The summed E-state index contributed by atoms with van der Waals surface area (Å²) in [4.78, 5) is 0.0455. The Morgan fingerprint density at radius 1 is 1.26 bits per heavy atom. The van der Waals surface area contributed by atoms with Gasteiger partial charge in [-0.1, -0.05) is 22.8 Å². The molecule has 1 aromatic carbocycles. The molecule has 2 aromatic rings. The van der Waals surface area contributed by atoms with Crippen LogP contribution in [0.5, 0.6) is 0 Å². The highest BCUT2D eigenvalue weighted by Crippen LogP contribution is 2.27. The predicted octanol–water partition coefficient (Wildman–Crippen LogP) is 3.05. The van der Waals surface area contributed by atoms with E-state index in [0.717, 1.165) is 5.56 Å². The summed E-state index contributed by atoms with van der Waals surface area (Å²) < 4.78 is 31.8. The number of hydrogen-bond acceptors (Lipinski definition) is 4. The molecule has 0 radical (unpaired) electrons. The molecule has 0 atom stereocenters. The van der Waals surface area contributed by atoms with Gasteiger partial charge in [0.2, 0.25) is 0 Å². The summed E-state index contributed by atoms with van der Waals surface area (Å²) in [7, 11) is -3.76. The van der Waals surface area contributed by atoms with E-state index in [-0.39, 0.29) is 10.7 Å². The lowest BCUT2D eigenvalue weighted by Crippen LogP contribution is -2.14.